The fourth-order valence-electron chi connectivity index (χ4n) is 2.24. The maximum absolute atomic E-state index is 12.4. The van der Waals surface area contributed by atoms with Crippen LogP contribution in [-0.2, 0) is 9.53 Å². The third-order valence-corrected chi connectivity index (χ3v) is 3.79. The summed E-state index contributed by atoms with van der Waals surface area (Å²) in [5.74, 6) is -0.473. The van der Waals surface area contributed by atoms with E-state index in [1.54, 1.807) is 24.3 Å². The molecule has 1 amide bonds. The lowest BCUT2D eigenvalue weighted by molar-refractivity contribution is -0.123. The van der Waals surface area contributed by atoms with Crippen LogP contribution in [0.15, 0.2) is 42.5 Å². The van der Waals surface area contributed by atoms with Crippen LogP contribution in [-0.4, -0.2) is 31.2 Å². The molecule has 1 N–H and O–H groups in total. The summed E-state index contributed by atoms with van der Waals surface area (Å²) in [6.45, 7) is 5.20. The monoisotopic (exact) mass is 391 g/mol. The SMILES string of the molecule is COc1cc(C(=O)O[C@H](C)C(=O)Nc2ccccc2)cc(Cl)c1OC(C)C. The Bertz CT molecular complexity index is 808. The summed E-state index contributed by atoms with van der Waals surface area (Å²) in [4.78, 5) is 24.6. The first kappa shape index (κ1) is 20.6. The lowest BCUT2D eigenvalue weighted by atomic mass is 10.2. The Morgan fingerprint density at radius 2 is 1.74 bits per heavy atom. The van der Waals surface area contributed by atoms with Gasteiger partial charge in [-0.2, -0.15) is 0 Å². The van der Waals surface area contributed by atoms with Gasteiger partial charge in [0.25, 0.3) is 5.91 Å². The fourth-order valence-corrected chi connectivity index (χ4v) is 2.49. The van der Waals surface area contributed by atoms with Crippen molar-refractivity contribution in [1.29, 1.82) is 0 Å². The first-order valence-electron chi connectivity index (χ1n) is 8.43. The standard InChI is InChI=1S/C20H22ClNO5/c1-12(2)26-18-16(21)10-14(11-17(18)25-4)20(24)27-13(3)19(23)22-15-8-6-5-7-9-15/h5-13H,1-4H3,(H,22,23)/t13-/m1/s1. The van der Waals surface area contributed by atoms with Gasteiger partial charge in [-0.05, 0) is 45.0 Å². The number of carbonyl (C=O) groups excluding carboxylic acids is 2. The number of benzene rings is 2. The van der Waals surface area contributed by atoms with Gasteiger partial charge in [-0.15, -0.1) is 0 Å². The summed E-state index contributed by atoms with van der Waals surface area (Å²) < 4.78 is 16.1. The van der Waals surface area contributed by atoms with Gasteiger partial charge in [0.1, 0.15) is 0 Å². The molecule has 0 aliphatic heterocycles. The van der Waals surface area contributed by atoms with Crippen LogP contribution < -0.4 is 14.8 Å². The maximum atomic E-state index is 12.4. The number of rotatable bonds is 7. The van der Waals surface area contributed by atoms with Crippen LogP contribution in [0.25, 0.3) is 0 Å². The Balaban J connectivity index is 2.10. The molecule has 0 saturated carbocycles. The highest BCUT2D eigenvalue weighted by Crippen LogP contribution is 2.37. The Morgan fingerprint density at radius 1 is 1.07 bits per heavy atom. The second kappa shape index (κ2) is 9.28. The van der Waals surface area contributed by atoms with Crippen LogP contribution in [0.1, 0.15) is 31.1 Å². The van der Waals surface area contributed by atoms with E-state index in [1.165, 1.54) is 26.2 Å². The molecule has 0 heterocycles. The molecule has 7 heteroatoms. The molecule has 0 spiro atoms. The normalized spacial score (nSPS) is 11.6. The molecule has 0 aliphatic carbocycles. The zero-order valence-corrected chi connectivity index (χ0v) is 16.4. The van der Waals surface area contributed by atoms with Crippen LogP contribution in [0, 0.1) is 0 Å². The van der Waals surface area contributed by atoms with Gasteiger partial charge in [-0.3, -0.25) is 4.79 Å². The van der Waals surface area contributed by atoms with Crippen molar-refractivity contribution in [2.75, 3.05) is 12.4 Å². The first-order valence-corrected chi connectivity index (χ1v) is 8.80. The van der Waals surface area contributed by atoms with Crippen molar-refractivity contribution < 1.29 is 23.8 Å². The number of carbonyl (C=O) groups is 2. The molecule has 1 atom stereocenters. The molecule has 0 saturated heterocycles. The molecule has 0 aliphatic rings. The van der Waals surface area contributed by atoms with Crippen LogP contribution in [0.5, 0.6) is 11.5 Å². The molecular weight excluding hydrogens is 370 g/mol. The average molecular weight is 392 g/mol. The number of amides is 1. The van der Waals surface area contributed by atoms with E-state index in [1.807, 2.05) is 19.9 Å². The van der Waals surface area contributed by atoms with E-state index in [4.69, 9.17) is 25.8 Å². The van der Waals surface area contributed by atoms with E-state index in [2.05, 4.69) is 5.32 Å². The van der Waals surface area contributed by atoms with Gasteiger partial charge in [0.05, 0.1) is 23.8 Å². The van der Waals surface area contributed by atoms with Crippen LogP contribution in [0.2, 0.25) is 5.02 Å². The van der Waals surface area contributed by atoms with Gasteiger partial charge in [0.2, 0.25) is 0 Å². The molecule has 2 aromatic carbocycles. The lowest BCUT2D eigenvalue weighted by Gasteiger charge is -2.17. The molecule has 0 unspecified atom stereocenters. The molecule has 0 radical (unpaired) electrons. The van der Waals surface area contributed by atoms with Crippen molar-refractivity contribution in [2.45, 2.75) is 33.0 Å². The fraction of sp³-hybridized carbons (Fsp3) is 0.300. The smallest absolute Gasteiger partial charge is 0.339 e. The number of halogens is 1. The van der Waals surface area contributed by atoms with E-state index in [0.29, 0.717) is 17.2 Å². The summed E-state index contributed by atoms with van der Waals surface area (Å²) in [7, 11) is 1.45. The highest BCUT2D eigenvalue weighted by molar-refractivity contribution is 6.32. The molecular formula is C20H22ClNO5. The number of hydrogen-bond acceptors (Lipinski definition) is 5. The van der Waals surface area contributed by atoms with E-state index in [9.17, 15) is 9.59 Å². The van der Waals surface area contributed by atoms with Crippen LogP contribution in [0.4, 0.5) is 5.69 Å². The van der Waals surface area contributed by atoms with Gasteiger partial charge in [-0.25, -0.2) is 4.79 Å². The third kappa shape index (κ3) is 5.62. The topological polar surface area (TPSA) is 73.9 Å². The number of methoxy groups -OCH3 is 1. The molecule has 0 fully saturated rings. The molecule has 27 heavy (non-hydrogen) atoms. The number of hydrogen-bond donors (Lipinski definition) is 1. The number of ether oxygens (including phenoxy) is 3. The minimum absolute atomic E-state index is 0.115. The van der Waals surface area contributed by atoms with Gasteiger partial charge in [0.15, 0.2) is 17.6 Å². The Labute approximate surface area is 163 Å². The summed E-state index contributed by atoms with van der Waals surface area (Å²) >= 11 is 6.22. The Morgan fingerprint density at radius 3 is 2.33 bits per heavy atom. The Kier molecular flexibility index (Phi) is 7.07. The number of para-hydroxylation sites is 1. The third-order valence-electron chi connectivity index (χ3n) is 3.51. The first-order chi connectivity index (χ1) is 12.8. The summed E-state index contributed by atoms with van der Waals surface area (Å²) in [6, 6.07) is 11.8. The molecule has 0 aromatic heterocycles. The van der Waals surface area contributed by atoms with Crippen molar-refractivity contribution in [3.8, 4) is 11.5 Å². The molecule has 6 nitrogen and oxygen atoms in total. The van der Waals surface area contributed by atoms with Gasteiger partial charge in [0, 0.05) is 5.69 Å². The zero-order valence-electron chi connectivity index (χ0n) is 15.6. The molecule has 0 bridgehead atoms. The predicted molar refractivity (Wildman–Crippen MR) is 104 cm³/mol. The van der Waals surface area contributed by atoms with Crippen LogP contribution in [0.3, 0.4) is 0 Å². The summed E-state index contributed by atoms with van der Waals surface area (Å²) in [5, 5.41) is 2.90. The molecule has 2 rings (SSSR count). The van der Waals surface area contributed by atoms with Crippen molar-refractivity contribution in [3.05, 3.63) is 53.1 Å². The maximum Gasteiger partial charge on any atom is 0.339 e. The highest BCUT2D eigenvalue weighted by Gasteiger charge is 2.22. The lowest BCUT2D eigenvalue weighted by Crippen LogP contribution is -2.30. The van der Waals surface area contributed by atoms with E-state index >= 15 is 0 Å². The molecule has 144 valence electrons. The van der Waals surface area contributed by atoms with Crippen molar-refractivity contribution >= 4 is 29.2 Å². The average Bonchev–Trinajstić information content (AvgIpc) is 2.63. The molecule has 2 aromatic rings. The Hall–Kier alpha value is -2.73. The van der Waals surface area contributed by atoms with Crippen molar-refractivity contribution in [1.82, 2.24) is 0 Å². The second-order valence-corrected chi connectivity index (χ2v) is 6.47. The van der Waals surface area contributed by atoms with Crippen LogP contribution >= 0.6 is 11.6 Å². The largest absolute Gasteiger partial charge is 0.493 e. The van der Waals surface area contributed by atoms with E-state index in [0.717, 1.165) is 0 Å². The van der Waals surface area contributed by atoms with E-state index in [-0.39, 0.29) is 16.7 Å². The van der Waals surface area contributed by atoms with Crippen molar-refractivity contribution in [3.63, 3.8) is 0 Å². The number of anilines is 1. The van der Waals surface area contributed by atoms with Gasteiger partial charge >= 0.3 is 5.97 Å². The van der Waals surface area contributed by atoms with E-state index < -0.39 is 18.0 Å². The zero-order chi connectivity index (χ0) is 20.0. The number of nitrogens with one attached hydrogen (secondary N) is 1. The minimum atomic E-state index is -0.992. The van der Waals surface area contributed by atoms with Gasteiger partial charge < -0.3 is 19.5 Å². The van der Waals surface area contributed by atoms with Gasteiger partial charge in [-0.1, -0.05) is 29.8 Å². The highest BCUT2D eigenvalue weighted by atomic mass is 35.5. The minimum Gasteiger partial charge on any atom is -0.493 e. The summed E-state index contributed by atoms with van der Waals surface area (Å²) in [6.07, 6.45) is -1.11. The summed E-state index contributed by atoms with van der Waals surface area (Å²) in [5.41, 5.74) is 0.776. The second-order valence-electron chi connectivity index (χ2n) is 6.06. The number of esters is 1. The van der Waals surface area contributed by atoms with Crippen molar-refractivity contribution in [2.24, 2.45) is 0 Å². The quantitative estimate of drug-likeness (QED) is 0.711. The predicted octanol–water partition coefficient (Wildman–Crippen LogP) is 4.32.